The lowest BCUT2D eigenvalue weighted by molar-refractivity contribution is -0.123. The molecule has 3 fully saturated rings. The van der Waals surface area contributed by atoms with Gasteiger partial charge in [0.2, 0.25) is 0 Å². The van der Waals surface area contributed by atoms with Crippen LogP contribution in [0.4, 0.5) is 0 Å². The van der Waals surface area contributed by atoms with Gasteiger partial charge in [0.15, 0.2) is 0 Å². The molecule has 0 aromatic rings. The Balaban J connectivity index is 1.79. The molecule has 33 heavy (non-hydrogen) atoms. The number of aliphatic hydroxyl groups is 5. The van der Waals surface area contributed by atoms with E-state index in [-0.39, 0.29) is 11.3 Å². The molecule has 3 rings (SSSR count). The molecule has 0 amide bonds. The fourth-order valence-corrected chi connectivity index (χ4v) is 6.50. The predicted molar refractivity (Wildman–Crippen MR) is 131 cm³/mol. The van der Waals surface area contributed by atoms with Gasteiger partial charge in [-0.15, -0.1) is 0 Å². The fourth-order valence-electron chi connectivity index (χ4n) is 6.50. The largest absolute Gasteiger partial charge is 0.393 e. The summed E-state index contributed by atoms with van der Waals surface area (Å²) in [4.78, 5) is 0. The van der Waals surface area contributed by atoms with Gasteiger partial charge in [-0.2, -0.15) is 0 Å². The molecule has 0 saturated heterocycles. The van der Waals surface area contributed by atoms with E-state index in [9.17, 15) is 25.5 Å². The van der Waals surface area contributed by atoms with Crippen molar-refractivity contribution in [3.63, 3.8) is 0 Å². The maximum absolute atomic E-state index is 10.7. The van der Waals surface area contributed by atoms with Crippen LogP contribution in [0, 0.1) is 23.2 Å². The molecule has 3 aliphatic carbocycles. The van der Waals surface area contributed by atoms with Crippen LogP contribution in [0.2, 0.25) is 0 Å². The van der Waals surface area contributed by atoms with Crippen molar-refractivity contribution >= 4 is 0 Å². The van der Waals surface area contributed by atoms with Crippen molar-refractivity contribution in [2.45, 2.75) is 96.1 Å². The third kappa shape index (κ3) is 5.23. The Hall–Kier alpha value is -1.24. The average molecular weight is 461 g/mol. The molecule has 0 aliphatic heterocycles. The number of hydrogen-bond donors (Lipinski definition) is 5. The molecule has 0 spiro atoms. The second-order valence-corrected chi connectivity index (χ2v) is 11.5. The number of hydrogen-bond acceptors (Lipinski definition) is 5. The molecule has 5 nitrogen and oxygen atoms in total. The summed E-state index contributed by atoms with van der Waals surface area (Å²) in [6.07, 6.45) is 13.1. The van der Waals surface area contributed by atoms with Crippen LogP contribution in [0.3, 0.4) is 0 Å². The minimum atomic E-state index is -1.67. The zero-order valence-electron chi connectivity index (χ0n) is 20.8. The van der Waals surface area contributed by atoms with Crippen LogP contribution in [-0.4, -0.2) is 55.5 Å². The summed E-state index contributed by atoms with van der Waals surface area (Å²) >= 11 is 0. The Morgan fingerprint density at radius 2 is 1.88 bits per heavy atom. The lowest BCUT2D eigenvalue weighted by Crippen LogP contribution is -2.51. The highest BCUT2D eigenvalue weighted by Gasteiger charge is 2.50. The molecule has 186 valence electrons. The van der Waals surface area contributed by atoms with Gasteiger partial charge in [-0.1, -0.05) is 50.3 Å². The Kier molecular flexibility index (Phi) is 7.82. The van der Waals surface area contributed by atoms with Gasteiger partial charge in [0.05, 0.1) is 24.4 Å². The van der Waals surface area contributed by atoms with E-state index in [0.29, 0.717) is 24.7 Å². The molecule has 0 heterocycles. The highest BCUT2D eigenvalue weighted by Crippen LogP contribution is 2.59. The number of rotatable bonds is 6. The average Bonchev–Trinajstić information content (AvgIpc) is 3.10. The van der Waals surface area contributed by atoms with E-state index in [1.807, 2.05) is 6.08 Å². The van der Waals surface area contributed by atoms with Gasteiger partial charge in [-0.3, -0.25) is 0 Å². The standard InChI is InChI=1S/C28H44O5/c1-18(12-14-28(33,17-29)26(3,4)32)23-10-11-24-20(7-6-13-27(23,24)5)8-9-21-15-22(30)16-25(31)19(21)2/h8-9,12,14,18,22-25,29-33H,2,6-7,10-11,13,15-17H2,1,3-5H3/b14-12+,20-8+,21-9+/t18-,22-,23-,24+,25+,27-,28+/m1/s1. The van der Waals surface area contributed by atoms with E-state index in [4.69, 9.17) is 0 Å². The van der Waals surface area contributed by atoms with Gasteiger partial charge in [0.1, 0.15) is 5.60 Å². The predicted octanol–water partition coefficient (Wildman–Crippen LogP) is 3.81. The van der Waals surface area contributed by atoms with Gasteiger partial charge >= 0.3 is 0 Å². The molecule has 5 heteroatoms. The second-order valence-electron chi connectivity index (χ2n) is 11.5. The van der Waals surface area contributed by atoms with Gasteiger partial charge in [0.25, 0.3) is 0 Å². The Bertz CT molecular complexity index is 819. The van der Waals surface area contributed by atoms with Crippen molar-refractivity contribution in [2.24, 2.45) is 23.2 Å². The molecule has 3 saturated carbocycles. The summed E-state index contributed by atoms with van der Waals surface area (Å²) < 4.78 is 0. The second kappa shape index (κ2) is 9.79. The quantitative estimate of drug-likeness (QED) is 0.388. The lowest BCUT2D eigenvalue weighted by Gasteiger charge is -2.44. The first-order valence-corrected chi connectivity index (χ1v) is 12.5. The minimum Gasteiger partial charge on any atom is -0.393 e. The zero-order valence-corrected chi connectivity index (χ0v) is 20.8. The molecule has 5 N–H and O–H groups in total. The zero-order chi connectivity index (χ0) is 24.6. The first kappa shape index (κ1) is 26.4. The SMILES string of the molecule is C=C1/C(=C/C=C2\CCC[C@]3(C)[C@@H]([C@H](C)/C=C/[C@](O)(CO)C(C)(C)O)CC[C@@H]23)C[C@@H](O)C[C@@H]1O. The minimum absolute atomic E-state index is 0.154. The number of allylic oxidation sites excluding steroid dienone is 4. The van der Waals surface area contributed by atoms with Crippen LogP contribution in [0.15, 0.2) is 47.6 Å². The van der Waals surface area contributed by atoms with Crippen LogP contribution < -0.4 is 0 Å². The summed E-state index contributed by atoms with van der Waals surface area (Å²) in [6, 6.07) is 0. The van der Waals surface area contributed by atoms with Crippen LogP contribution in [0.1, 0.15) is 72.6 Å². The van der Waals surface area contributed by atoms with Crippen molar-refractivity contribution in [3.8, 4) is 0 Å². The summed E-state index contributed by atoms with van der Waals surface area (Å²) in [5.74, 6) is 1.15. The Morgan fingerprint density at radius 3 is 2.52 bits per heavy atom. The summed E-state index contributed by atoms with van der Waals surface area (Å²) in [7, 11) is 0. The molecule has 0 bridgehead atoms. The molecular weight excluding hydrogens is 416 g/mol. The molecule has 0 unspecified atom stereocenters. The van der Waals surface area contributed by atoms with Gasteiger partial charge in [-0.05, 0) is 86.7 Å². The van der Waals surface area contributed by atoms with E-state index < -0.39 is 30.0 Å². The van der Waals surface area contributed by atoms with Gasteiger partial charge in [0, 0.05) is 6.42 Å². The van der Waals surface area contributed by atoms with Crippen LogP contribution in [0.5, 0.6) is 0 Å². The molecule has 0 radical (unpaired) electrons. The first-order valence-electron chi connectivity index (χ1n) is 12.5. The van der Waals surface area contributed by atoms with E-state index >= 15 is 0 Å². The van der Waals surface area contributed by atoms with E-state index in [1.54, 1.807) is 6.08 Å². The highest BCUT2D eigenvalue weighted by atomic mass is 16.4. The monoisotopic (exact) mass is 460 g/mol. The number of fused-ring (bicyclic) bond motifs is 1. The molecule has 3 aliphatic rings. The Morgan fingerprint density at radius 1 is 1.18 bits per heavy atom. The molecule has 7 atom stereocenters. The van der Waals surface area contributed by atoms with Crippen LogP contribution >= 0.6 is 0 Å². The third-order valence-corrected chi connectivity index (χ3v) is 8.91. The molecule has 0 aromatic heterocycles. The van der Waals surface area contributed by atoms with Crippen LogP contribution in [0.25, 0.3) is 0 Å². The van der Waals surface area contributed by atoms with E-state index in [1.165, 1.54) is 19.4 Å². The molecular formula is C28H44O5. The first-order chi connectivity index (χ1) is 15.3. The topological polar surface area (TPSA) is 101 Å². The van der Waals surface area contributed by atoms with Gasteiger partial charge < -0.3 is 25.5 Å². The van der Waals surface area contributed by atoms with Crippen molar-refractivity contribution in [2.75, 3.05) is 6.61 Å². The maximum Gasteiger partial charge on any atom is 0.134 e. The highest BCUT2D eigenvalue weighted by molar-refractivity contribution is 5.38. The third-order valence-electron chi connectivity index (χ3n) is 8.91. The summed E-state index contributed by atoms with van der Waals surface area (Å²) in [5.41, 5.74) is 0.172. The summed E-state index contributed by atoms with van der Waals surface area (Å²) in [6.45, 7) is 11.1. The lowest BCUT2D eigenvalue weighted by atomic mass is 9.61. The normalized spacial score (nSPS) is 38.6. The molecule has 0 aromatic carbocycles. The smallest absolute Gasteiger partial charge is 0.134 e. The van der Waals surface area contributed by atoms with Crippen molar-refractivity contribution in [1.82, 2.24) is 0 Å². The summed E-state index contributed by atoms with van der Waals surface area (Å²) in [5, 5.41) is 50.9. The fraction of sp³-hybridized carbons (Fsp3) is 0.714. The maximum atomic E-state index is 10.7. The number of aliphatic hydroxyl groups excluding tert-OH is 3. The van der Waals surface area contributed by atoms with E-state index in [0.717, 1.165) is 43.3 Å². The van der Waals surface area contributed by atoms with E-state index in [2.05, 4.69) is 32.6 Å². The van der Waals surface area contributed by atoms with Gasteiger partial charge in [-0.25, -0.2) is 0 Å². The van der Waals surface area contributed by atoms with Crippen molar-refractivity contribution < 1.29 is 25.5 Å². The van der Waals surface area contributed by atoms with Crippen molar-refractivity contribution in [1.29, 1.82) is 0 Å². The van der Waals surface area contributed by atoms with Crippen LogP contribution in [-0.2, 0) is 0 Å². The van der Waals surface area contributed by atoms with Crippen molar-refractivity contribution in [3.05, 3.63) is 47.6 Å². The Labute approximate surface area is 199 Å².